The molecule has 0 aliphatic heterocycles. The molecule has 104 valence electrons. The first-order valence-electron chi connectivity index (χ1n) is 7.09. The van der Waals surface area contributed by atoms with E-state index in [2.05, 4.69) is 0 Å². The van der Waals surface area contributed by atoms with Crippen LogP contribution in [0.5, 0.6) is 0 Å². The summed E-state index contributed by atoms with van der Waals surface area (Å²) in [5.41, 5.74) is 1.70. The maximum absolute atomic E-state index is 11.9. The molecule has 1 aromatic carbocycles. The molecule has 1 fully saturated rings. The molecular weight excluding hydrogens is 252 g/mol. The molecule has 3 unspecified atom stereocenters. The molecule has 0 saturated heterocycles. The third-order valence-corrected chi connectivity index (χ3v) is 4.10. The van der Waals surface area contributed by atoms with Crippen molar-refractivity contribution in [2.75, 3.05) is 0 Å². The molecule has 20 heavy (non-hydrogen) atoms. The van der Waals surface area contributed by atoms with Crippen LogP contribution in [0.15, 0.2) is 36.4 Å². The summed E-state index contributed by atoms with van der Waals surface area (Å²) >= 11 is 0. The second-order valence-electron chi connectivity index (χ2n) is 5.84. The Hall–Kier alpha value is -1.90. The van der Waals surface area contributed by atoms with Crippen LogP contribution in [-0.2, 0) is 9.53 Å². The predicted octanol–water partition coefficient (Wildman–Crippen LogP) is 3.11. The zero-order valence-electron chi connectivity index (χ0n) is 11.7. The van der Waals surface area contributed by atoms with Crippen molar-refractivity contribution in [2.45, 2.75) is 32.3 Å². The number of Topliss-reactive ketones (excluding diaryl/α,β-unsaturated/α-hetero) is 1. The van der Waals surface area contributed by atoms with Gasteiger partial charge in [-0.1, -0.05) is 24.3 Å². The predicted molar refractivity (Wildman–Crippen MR) is 75.5 cm³/mol. The second kappa shape index (κ2) is 4.89. The lowest BCUT2D eigenvalue weighted by atomic mass is 9.86. The summed E-state index contributed by atoms with van der Waals surface area (Å²) in [7, 11) is 0. The number of carbonyl (C=O) groups is 2. The van der Waals surface area contributed by atoms with Crippen LogP contribution in [0.2, 0.25) is 0 Å². The lowest BCUT2D eigenvalue weighted by Crippen LogP contribution is -2.12. The van der Waals surface area contributed by atoms with Crippen molar-refractivity contribution in [2.24, 2.45) is 11.8 Å². The van der Waals surface area contributed by atoms with Crippen molar-refractivity contribution in [3.8, 4) is 0 Å². The summed E-state index contributed by atoms with van der Waals surface area (Å²) in [6, 6.07) is 7.48. The quantitative estimate of drug-likeness (QED) is 0.626. The molecule has 3 rings (SSSR count). The highest BCUT2D eigenvalue weighted by Gasteiger charge is 2.43. The average Bonchev–Trinajstić information content (AvgIpc) is 2.94. The Labute approximate surface area is 118 Å². The number of carbonyl (C=O) groups excluding carboxylic acids is 2. The first-order chi connectivity index (χ1) is 9.56. The standard InChI is InChI=1S/C17H18O3/c1-10(2)20-17(19)12-5-3-11(4-6-12)15-9-13-7-8-14(15)16(13)18/h3-8,10,13-15H,9H2,1-2H3. The molecule has 0 heterocycles. The average molecular weight is 270 g/mol. The molecule has 1 saturated carbocycles. The van der Waals surface area contributed by atoms with E-state index in [1.54, 1.807) is 12.1 Å². The largest absolute Gasteiger partial charge is 0.459 e. The maximum Gasteiger partial charge on any atom is 0.338 e. The van der Waals surface area contributed by atoms with E-state index in [0.717, 1.165) is 12.0 Å². The fourth-order valence-electron chi connectivity index (χ4n) is 3.13. The molecule has 0 amide bonds. The van der Waals surface area contributed by atoms with E-state index in [9.17, 15) is 9.59 Å². The molecular formula is C17H18O3. The highest BCUT2D eigenvalue weighted by atomic mass is 16.5. The Morgan fingerprint density at radius 1 is 1.20 bits per heavy atom. The van der Waals surface area contributed by atoms with Crippen molar-refractivity contribution < 1.29 is 14.3 Å². The Balaban J connectivity index is 1.76. The van der Waals surface area contributed by atoms with Gasteiger partial charge in [0, 0.05) is 11.8 Å². The molecule has 0 spiro atoms. The van der Waals surface area contributed by atoms with Gasteiger partial charge in [0.1, 0.15) is 5.78 Å². The zero-order valence-corrected chi connectivity index (χ0v) is 11.7. The van der Waals surface area contributed by atoms with Crippen LogP contribution in [0.4, 0.5) is 0 Å². The van der Waals surface area contributed by atoms with Crippen molar-refractivity contribution in [3.63, 3.8) is 0 Å². The number of benzene rings is 1. The van der Waals surface area contributed by atoms with Gasteiger partial charge >= 0.3 is 5.97 Å². The van der Waals surface area contributed by atoms with Gasteiger partial charge in [-0.2, -0.15) is 0 Å². The number of esters is 1. The fourth-order valence-corrected chi connectivity index (χ4v) is 3.13. The van der Waals surface area contributed by atoms with Crippen molar-refractivity contribution >= 4 is 11.8 Å². The molecule has 2 bridgehead atoms. The topological polar surface area (TPSA) is 43.4 Å². The minimum absolute atomic E-state index is 0.0356. The highest BCUT2D eigenvalue weighted by molar-refractivity contribution is 5.93. The first kappa shape index (κ1) is 13.1. The summed E-state index contributed by atoms with van der Waals surface area (Å²) in [6.45, 7) is 3.67. The number of ether oxygens (including phenoxy) is 1. The smallest absolute Gasteiger partial charge is 0.338 e. The lowest BCUT2D eigenvalue weighted by Gasteiger charge is -2.17. The monoisotopic (exact) mass is 270 g/mol. The summed E-state index contributed by atoms with van der Waals surface area (Å²) in [5.74, 6) is 0.463. The van der Waals surface area contributed by atoms with Crippen LogP contribution in [0.25, 0.3) is 0 Å². The van der Waals surface area contributed by atoms with Crippen LogP contribution in [0.3, 0.4) is 0 Å². The molecule has 2 aliphatic rings. The summed E-state index contributed by atoms with van der Waals surface area (Å²) < 4.78 is 5.16. The summed E-state index contributed by atoms with van der Waals surface area (Å²) in [5, 5.41) is 0. The van der Waals surface area contributed by atoms with Gasteiger partial charge in [-0.3, -0.25) is 4.79 Å². The molecule has 0 radical (unpaired) electrons. The van der Waals surface area contributed by atoms with E-state index in [0.29, 0.717) is 11.3 Å². The van der Waals surface area contributed by atoms with Gasteiger partial charge in [-0.05, 0) is 43.9 Å². The highest BCUT2D eigenvalue weighted by Crippen LogP contribution is 2.46. The molecule has 3 nitrogen and oxygen atoms in total. The van der Waals surface area contributed by atoms with Gasteiger partial charge in [-0.25, -0.2) is 4.79 Å². The van der Waals surface area contributed by atoms with Crippen molar-refractivity contribution in [1.82, 2.24) is 0 Å². The maximum atomic E-state index is 11.9. The number of ketones is 1. The number of hydrogen-bond acceptors (Lipinski definition) is 3. The molecule has 3 heteroatoms. The third-order valence-electron chi connectivity index (χ3n) is 4.10. The molecule has 1 aromatic rings. The van der Waals surface area contributed by atoms with E-state index in [1.807, 2.05) is 38.1 Å². The fraction of sp³-hybridized carbons (Fsp3) is 0.412. The van der Waals surface area contributed by atoms with Crippen LogP contribution in [-0.4, -0.2) is 17.9 Å². The van der Waals surface area contributed by atoms with Crippen LogP contribution in [0, 0.1) is 11.8 Å². The van der Waals surface area contributed by atoms with Gasteiger partial charge in [-0.15, -0.1) is 0 Å². The van der Waals surface area contributed by atoms with Crippen molar-refractivity contribution in [3.05, 3.63) is 47.5 Å². The summed E-state index contributed by atoms with van der Waals surface area (Å²) in [4.78, 5) is 23.7. The van der Waals surface area contributed by atoms with Gasteiger partial charge in [0.15, 0.2) is 0 Å². The number of fused-ring (bicyclic) bond motifs is 2. The second-order valence-corrected chi connectivity index (χ2v) is 5.84. The molecule has 3 atom stereocenters. The van der Waals surface area contributed by atoms with Crippen LogP contribution in [0.1, 0.15) is 42.1 Å². The van der Waals surface area contributed by atoms with Gasteiger partial charge in [0.25, 0.3) is 0 Å². The van der Waals surface area contributed by atoms with Gasteiger partial charge < -0.3 is 4.74 Å². The molecule has 0 N–H and O–H groups in total. The molecule has 2 aliphatic carbocycles. The zero-order chi connectivity index (χ0) is 14.3. The van der Waals surface area contributed by atoms with Gasteiger partial charge in [0.05, 0.1) is 11.7 Å². The number of rotatable bonds is 3. The SMILES string of the molecule is CC(C)OC(=O)c1ccc(C2CC3C=CC2C3=O)cc1. The van der Waals surface area contributed by atoms with E-state index in [4.69, 9.17) is 4.74 Å². The first-order valence-corrected chi connectivity index (χ1v) is 7.09. The van der Waals surface area contributed by atoms with E-state index < -0.39 is 0 Å². The minimum Gasteiger partial charge on any atom is -0.459 e. The van der Waals surface area contributed by atoms with Gasteiger partial charge in [0.2, 0.25) is 0 Å². The Kier molecular flexibility index (Phi) is 3.20. The molecule has 0 aromatic heterocycles. The van der Waals surface area contributed by atoms with Crippen LogP contribution < -0.4 is 0 Å². The van der Waals surface area contributed by atoms with Crippen molar-refractivity contribution in [1.29, 1.82) is 0 Å². The van der Waals surface area contributed by atoms with Crippen LogP contribution >= 0.6 is 0 Å². The van der Waals surface area contributed by atoms with E-state index >= 15 is 0 Å². The Morgan fingerprint density at radius 2 is 1.90 bits per heavy atom. The minimum atomic E-state index is -0.296. The Morgan fingerprint density at radius 3 is 2.40 bits per heavy atom. The third kappa shape index (κ3) is 2.17. The number of hydrogen-bond donors (Lipinski definition) is 0. The lowest BCUT2D eigenvalue weighted by molar-refractivity contribution is -0.120. The van der Waals surface area contributed by atoms with E-state index in [1.165, 1.54) is 0 Å². The normalized spacial score (nSPS) is 27.4. The Bertz CT molecular complexity index is 568. The summed E-state index contributed by atoms with van der Waals surface area (Å²) in [6.07, 6.45) is 4.84. The van der Waals surface area contributed by atoms with E-state index in [-0.39, 0.29) is 29.8 Å². The number of allylic oxidation sites excluding steroid dienone is 2.